The number of para-hydroxylation sites is 1. The van der Waals surface area contributed by atoms with Gasteiger partial charge in [0.15, 0.2) is 5.96 Å². The number of carboxylic acid groups (broad SMARTS) is 1. The summed E-state index contributed by atoms with van der Waals surface area (Å²) in [6.07, 6.45) is 5.04. The zero-order valence-electron chi connectivity index (χ0n) is 22.7. The third kappa shape index (κ3) is 9.24. The molecule has 2 aromatic heterocycles. The summed E-state index contributed by atoms with van der Waals surface area (Å²) in [5, 5.41) is 18.4. The SMILES string of the molecule is NC(N)=NCCCC(NC(=O)C(Cc1c[nH]c2ccccc12)NC(=O)C(Cc1cnc[nH]1)NC(=O)C(N)CS)C(=O)O. The molecule has 42 heavy (non-hydrogen) atoms. The molecule has 0 saturated heterocycles. The maximum Gasteiger partial charge on any atom is 0.326 e. The van der Waals surface area contributed by atoms with E-state index in [0.29, 0.717) is 5.69 Å². The summed E-state index contributed by atoms with van der Waals surface area (Å²) < 4.78 is 0. The predicted molar refractivity (Wildman–Crippen MR) is 159 cm³/mol. The molecule has 0 aliphatic carbocycles. The van der Waals surface area contributed by atoms with Crippen molar-refractivity contribution in [2.24, 2.45) is 22.2 Å². The molecular formula is C26H36N10O5S. The summed E-state index contributed by atoms with van der Waals surface area (Å²) in [7, 11) is 0. The lowest BCUT2D eigenvalue weighted by molar-refractivity contribution is -0.142. The summed E-state index contributed by atoms with van der Waals surface area (Å²) >= 11 is 4.04. The molecule has 3 aromatic rings. The van der Waals surface area contributed by atoms with Gasteiger partial charge < -0.3 is 48.2 Å². The number of nitrogens with two attached hydrogens (primary N) is 3. The van der Waals surface area contributed by atoms with Crippen molar-refractivity contribution in [1.29, 1.82) is 0 Å². The fourth-order valence-corrected chi connectivity index (χ4v) is 4.39. The molecule has 0 fully saturated rings. The Bertz CT molecular complexity index is 1390. The molecule has 3 rings (SSSR count). The van der Waals surface area contributed by atoms with Crippen molar-refractivity contribution in [3.63, 3.8) is 0 Å². The summed E-state index contributed by atoms with van der Waals surface area (Å²) in [4.78, 5) is 65.3. The maximum absolute atomic E-state index is 13.6. The molecule has 15 nitrogen and oxygen atoms in total. The molecule has 0 bridgehead atoms. The normalized spacial score (nSPS) is 13.9. The van der Waals surface area contributed by atoms with Gasteiger partial charge in [-0.15, -0.1) is 0 Å². The Morgan fingerprint density at radius 2 is 1.64 bits per heavy atom. The van der Waals surface area contributed by atoms with Crippen LogP contribution in [0, 0.1) is 0 Å². The first kappa shape index (κ1) is 32.0. The number of hydrogen-bond donors (Lipinski definition) is 10. The molecule has 0 aliphatic rings. The molecule has 0 spiro atoms. The Labute approximate surface area is 246 Å². The molecule has 3 amide bonds. The molecule has 0 radical (unpaired) electrons. The van der Waals surface area contributed by atoms with Crippen LogP contribution in [0.15, 0.2) is 48.0 Å². The summed E-state index contributed by atoms with van der Waals surface area (Å²) in [5.74, 6) is -3.33. The van der Waals surface area contributed by atoms with Crippen molar-refractivity contribution >= 4 is 53.2 Å². The number of nitrogens with one attached hydrogen (secondary N) is 5. The predicted octanol–water partition coefficient (Wildman–Crippen LogP) is -1.47. The third-order valence-corrected chi connectivity index (χ3v) is 6.83. The quantitative estimate of drug-likeness (QED) is 0.0397. The van der Waals surface area contributed by atoms with Crippen LogP contribution in [0.1, 0.15) is 24.1 Å². The van der Waals surface area contributed by atoms with Gasteiger partial charge in [0.1, 0.15) is 18.1 Å². The fourth-order valence-electron chi connectivity index (χ4n) is 4.22. The summed E-state index contributed by atoms with van der Waals surface area (Å²) in [6, 6.07) is 2.87. The lowest BCUT2D eigenvalue weighted by Gasteiger charge is -2.25. The van der Waals surface area contributed by atoms with Crippen LogP contribution in [0.2, 0.25) is 0 Å². The van der Waals surface area contributed by atoms with Gasteiger partial charge in [0.25, 0.3) is 0 Å². The number of carboxylic acids is 1. The Hall–Kier alpha value is -4.57. The second-order valence-corrected chi connectivity index (χ2v) is 9.97. The number of H-pyrrole nitrogens is 2. The van der Waals surface area contributed by atoms with Crippen LogP contribution < -0.4 is 33.2 Å². The number of amides is 3. The van der Waals surface area contributed by atoms with Gasteiger partial charge in [0.2, 0.25) is 17.7 Å². The number of imidazole rings is 1. The number of nitrogens with zero attached hydrogens (tertiary/aromatic N) is 2. The Morgan fingerprint density at radius 3 is 2.29 bits per heavy atom. The Morgan fingerprint density at radius 1 is 0.976 bits per heavy atom. The number of fused-ring (bicyclic) bond motifs is 1. The van der Waals surface area contributed by atoms with E-state index in [9.17, 15) is 24.3 Å². The Kier molecular flexibility index (Phi) is 11.7. The number of aliphatic imine (C=N–C) groups is 1. The molecule has 226 valence electrons. The van der Waals surface area contributed by atoms with E-state index in [0.717, 1.165) is 16.5 Å². The van der Waals surface area contributed by atoms with Crippen molar-refractivity contribution in [2.45, 2.75) is 49.9 Å². The van der Waals surface area contributed by atoms with Gasteiger partial charge >= 0.3 is 5.97 Å². The largest absolute Gasteiger partial charge is 0.480 e. The minimum atomic E-state index is -1.26. The minimum Gasteiger partial charge on any atom is -0.480 e. The first-order chi connectivity index (χ1) is 20.1. The molecule has 1 aromatic carbocycles. The van der Waals surface area contributed by atoms with Crippen molar-refractivity contribution in [3.8, 4) is 0 Å². The number of carbonyl (C=O) groups is 4. The number of thiol groups is 1. The fraction of sp³-hybridized carbons (Fsp3) is 0.385. The van der Waals surface area contributed by atoms with Gasteiger partial charge in [-0.25, -0.2) is 9.78 Å². The smallest absolute Gasteiger partial charge is 0.326 e. The zero-order chi connectivity index (χ0) is 30.6. The molecule has 4 unspecified atom stereocenters. The number of benzene rings is 1. The van der Waals surface area contributed by atoms with E-state index in [1.54, 1.807) is 6.20 Å². The summed E-state index contributed by atoms with van der Waals surface area (Å²) in [5.41, 5.74) is 18.5. The van der Waals surface area contributed by atoms with Crippen LogP contribution in [0.25, 0.3) is 10.9 Å². The molecule has 16 heteroatoms. The van der Waals surface area contributed by atoms with Crippen LogP contribution in [0.5, 0.6) is 0 Å². The van der Waals surface area contributed by atoms with E-state index in [1.165, 1.54) is 12.5 Å². The average molecular weight is 601 g/mol. The van der Waals surface area contributed by atoms with Crippen molar-refractivity contribution in [1.82, 2.24) is 30.9 Å². The maximum atomic E-state index is 13.6. The van der Waals surface area contributed by atoms with Crippen molar-refractivity contribution in [2.75, 3.05) is 12.3 Å². The number of rotatable bonds is 16. The first-order valence-electron chi connectivity index (χ1n) is 13.2. The van der Waals surface area contributed by atoms with Gasteiger partial charge in [-0.2, -0.15) is 12.6 Å². The second kappa shape index (κ2) is 15.4. The van der Waals surface area contributed by atoms with Gasteiger partial charge in [0, 0.05) is 54.1 Å². The number of aliphatic carboxylic acids is 1. The van der Waals surface area contributed by atoms with E-state index in [-0.39, 0.29) is 43.9 Å². The zero-order valence-corrected chi connectivity index (χ0v) is 23.6. The minimum absolute atomic E-state index is 0.0286. The van der Waals surface area contributed by atoms with Gasteiger partial charge in [-0.1, -0.05) is 18.2 Å². The highest BCUT2D eigenvalue weighted by Gasteiger charge is 2.31. The molecule has 0 saturated carbocycles. The van der Waals surface area contributed by atoms with E-state index >= 15 is 0 Å². The van der Waals surface area contributed by atoms with Crippen LogP contribution in [0.4, 0.5) is 0 Å². The number of carbonyl (C=O) groups excluding carboxylic acids is 3. The molecule has 0 aliphatic heterocycles. The Balaban J connectivity index is 1.85. The highest BCUT2D eigenvalue weighted by atomic mass is 32.1. The van der Waals surface area contributed by atoms with Crippen molar-refractivity contribution in [3.05, 3.63) is 54.2 Å². The highest BCUT2D eigenvalue weighted by Crippen LogP contribution is 2.19. The van der Waals surface area contributed by atoms with E-state index in [1.807, 2.05) is 24.3 Å². The summed E-state index contributed by atoms with van der Waals surface area (Å²) in [6.45, 7) is 0.181. The topological polar surface area (TPSA) is 259 Å². The lowest BCUT2D eigenvalue weighted by Crippen LogP contribution is -2.58. The van der Waals surface area contributed by atoms with Gasteiger partial charge in [-0.3, -0.25) is 19.4 Å². The molecular weight excluding hydrogens is 564 g/mol. The average Bonchev–Trinajstić information content (AvgIpc) is 3.63. The van der Waals surface area contributed by atoms with Crippen LogP contribution in [-0.4, -0.2) is 86.2 Å². The monoisotopic (exact) mass is 600 g/mol. The standard InChI is InChI=1S/C26H36N10O5S/c27-17(12-42)22(37)35-21(9-15-11-30-13-33-15)24(39)36-20(8-14-10-32-18-5-2-1-4-16(14)18)23(38)34-19(25(40)41)6-3-7-31-26(28)29/h1-2,4-5,10-11,13,17,19-21,32,42H,3,6-9,12,27H2,(H,30,33)(H,34,38)(H,35,37)(H,36,39)(H,40,41)(H4,28,29,31). The second-order valence-electron chi connectivity index (χ2n) is 9.60. The first-order valence-corrected chi connectivity index (χ1v) is 13.8. The number of guanidine groups is 1. The number of hydrogen-bond acceptors (Lipinski definition) is 8. The van der Waals surface area contributed by atoms with E-state index < -0.39 is 47.9 Å². The van der Waals surface area contributed by atoms with Crippen molar-refractivity contribution < 1.29 is 24.3 Å². The van der Waals surface area contributed by atoms with Gasteiger partial charge in [0.05, 0.1) is 12.4 Å². The molecule has 4 atom stereocenters. The molecule has 2 heterocycles. The van der Waals surface area contributed by atoms with Gasteiger partial charge in [-0.05, 0) is 24.5 Å². The number of aromatic nitrogens is 3. The van der Waals surface area contributed by atoms with Crippen LogP contribution in [0.3, 0.4) is 0 Å². The highest BCUT2D eigenvalue weighted by molar-refractivity contribution is 7.80. The van der Waals surface area contributed by atoms with Crippen LogP contribution >= 0.6 is 12.6 Å². The third-order valence-electron chi connectivity index (χ3n) is 6.44. The number of aromatic amines is 2. The van der Waals surface area contributed by atoms with E-state index in [2.05, 4.69) is 48.5 Å². The lowest BCUT2D eigenvalue weighted by atomic mass is 10.0. The van der Waals surface area contributed by atoms with Crippen LogP contribution in [-0.2, 0) is 32.0 Å². The molecule has 12 N–H and O–H groups in total. The van der Waals surface area contributed by atoms with E-state index in [4.69, 9.17) is 17.2 Å².